The van der Waals surface area contributed by atoms with Crippen molar-refractivity contribution >= 4 is 0 Å². The van der Waals surface area contributed by atoms with Crippen molar-refractivity contribution in [2.24, 2.45) is 0 Å². The SMILES string of the molecule is C=CCN1CCC2c3ccccc3CCC21. The van der Waals surface area contributed by atoms with Crippen LogP contribution in [0.15, 0.2) is 36.9 Å². The van der Waals surface area contributed by atoms with Crippen LogP contribution in [0.3, 0.4) is 0 Å². The second-order valence-electron chi connectivity index (χ2n) is 4.98. The summed E-state index contributed by atoms with van der Waals surface area (Å²) in [5.41, 5.74) is 3.20. The van der Waals surface area contributed by atoms with Crippen molar-refractivity contribution in [3.05, 3.63) is 48.0 Å². The van der Waals surface area contributed by atoms with E-state index < -0.39 is 0 Å². The van der Waals surface area contributed by atoms with Crippen molar-refractivity contribution in [2.75, 3.05) is 13.1 Å². The fourth-order valence-corrected chi connectivity index (χ4v) is 3.48. The van der Waals surface area contributed by atoms with E-state index in [1.54, 1.807) is 11.1 Å². The lowest BCUT2D eigenvalue weighted by atomic mass is 9.79. The molecule has 0 aromatic heterocycles. The van der Waals surface area contributed by atoms with Gasteiger partial charge in [-0.05, 0) is 36.9 Å². The van der Waals surface area contributed by atoms with Crippen molar-refractivity contribution in [3.63, 3.8) is 0 Å². The van der Waals surface area contributed by atoms with E-state index in [9.17, 15) is 0 Å². The Labute approximate surface area is 97.8 Å². The molecule has 3 rings (SSSR count). The van der Waals surface area contributed by atoms with E-state index in [0.717, 1.165) is 18.5 Å². The summed E-state index contributed by atoms with van der Waals surface area (Å²) in [5.74, 6) is 0.782. The van der Waals surface area contributed by atoms with Crippen LogP contribution in [0, 0.1) is 0 Å². The molecular formula is C15H19N. The molecule has 1 nitrogen and oxygen atoms in total. The van der Waals surface area contributed by atoms with Crippen LogP contribution < -0.4 is 0 Å². The Balaban J connectivity index is 1.90. The first kappa shape index (κ1) is 10.1. The van der Waals surface area contributed by atoms with E-state index in [2.05, 4.69) is 35.7 Å². The van der Waals surface area contributed by atoms with Gasteiger partial charge in [0.05, 0.1) is 0 Å². The first-order valence-electron chi connectivity index (χ1n) is 6.33. The Morgan fingerprint density at radius 1 is 1.31 bits per heavy atom. The lowest BCUT2D eigenvalue weighted by Gasteiger charge is -2.32. The van der Waals surface area contributed by atoms with Crippen LogP contribution in [-0.4, -0.2) is 24.0 Å². The fourth-order valence-electron chi connectivity index (χ4n) is 3.48. The summed E-state index contributed by atoms with van der Waals surface area (Å²) in [6.45, 7) is 6.17. The van der Waals surface area contributed by atoms with Gasteiger partial charge in [0.2, 0.25) is 0 Å². The number of likely N-dealkylation sites (tertiary alicyclic amines) is 1. The van der Waals surface area contributed by atoms with Gasteiger partial charge < -0.3 is 0 Å². The van der Waals surface area contributed by atoms with Gasteiger partial charge in [0, 0.05) is 18.5 Å². The minimum absolute atomic E-state index is 0.771. The lowest BCUT2D eigenvalue weighted by molar-refractivity contribution is 0.250. The molecule has 1 heteroatoms. The topological polar surface area (TPSA) is 3.24 Å². The molecule has 0 spiro atoms. The summed E-state index contributed by atoms with van der Waals surface area (Å²) in [6, 6.07) is 9.78. The molecule has 1 aliphatic heterocycles. The van der Waals surface area contributed by atoms with Crippen molar-refractivity contribution in [2.45, 2.75) is 31.2 Å². The van der Waals surface area contributed by atoms with Gasteiger partial charge in [-0.3, -0.25) is 4.90 Å². The third-order valence-corrected chi connectivity index (χ3v) is 4.19. The number of aryl methyl sites for hydroxylation is 1. The van der Waals surface area contributed by atoms with Gasteiger partial charge in [-0.2, -0.15) is 0 Å². The molecule has 1 fully saturated rings. The highest BCUT2D eigenvalue weighted by Crippen LogP contribution is 2.41. The van der Waals surface area contributed by atoms with Gasteiger partial charge in [0.15, 0.2) is 0 Å². The predicted molar refractivity (Wildman–Crippen MR) is 67.7 cm³/mol. The monoisotopic (exact) mass is 213 g/mol. The van der Waals surface area contributed by atoms with Crippen LogP contribution in [0.25, 0.3) is 0 Å². The second-order valence-corrected chi connectivity index (χ2v) is 4.98. The van der Waals surface area contributed by atoms with E-state index in [-0.39, 0.29) is 0 Å². The van der Waals surface area contributed by atoms with E-state index in [1.165, 1.54) is 25.8 Å². The van der Waals surface area contributed by atoms with Crippen LogP contribution in [0.1, 0.15) is 29.9 Å². The van der Waals surface area contributed by atoms with Gasteiger partial charge in [-0.1, -0.05) is 30.3 Å². The molecule has 0 radical (unpaired) electrons. The summed E-state index contributed by atoms with van der Waals surface area (Å²) < 4.78 is 0. The highest BCUT2D eigenvalue weighted by atomic mass is 15.2. The summed E-state index contributed by atoms with van der Waals surface area (Å²) in [6.07, 6.45) is 5.96. The Morgan fingerprint density at radius 2 is 2.19 bits per heavy atom. The smallest absolute Gasteiger partial charge is 0.0171 e. The van der Waals surface area contributed by atoms with Gasteiger partial charge in [-0.25, -0.2) is 0 Å². The molecule has 0 N–H and O–H groups in total. The number of benzene rings is 1. The molecule has 16 heavy (non-hydrogen) atoms. The van der Waals surface area contributed by atoms with Crippen LogP contribution in [-0.2, 0) is 6.42 Å². The molecule has 2 unspecified atom stereocenters. The minimum atomic E-state index is 0.771. The number of nitrogens with zero attached hydrogens (tertiary/aromatic N) is 1. The Kier molecular flexibility index (Phi) is 2.56. The van der Waals surface area contributed by atoms with Crippen molar-refractivity contribution in [1.29, 1.82) is 0 Å². The number of hydrogen-bond acceptors (Lipinski definition) is 1. The summed E-state index contributed by atoms with van der Waals surface area (Å²) >= 11 is 0. The highest BCUT2D eigenvalue weighted by molar-refractivity contribution is 5.35. The van der Waals surface area contributed by atoms with E-state index in [1.807, 2.05) is 6.08 Å². The third-order valence-electron chi connectivity index (χ3n) is 4.19. The van der Waals surface area contributed by atoms with Crippen LogP contribution in [0.2, 0.25) is 0 Å². The fraction of sp³-hybridized carbons (Fsp3) is 0.467. The predicted octanol–water partition coefficient (Wildman–Crippen LogP) is 2.98. The molecule has 0 bridgehead atoms. The van der Waals surface area contributed by atoms with Crippen LogP contribution in [0.4, 0.5) is 0 Å². The van der Waals surface area contributed by atoms with Crippen molar-refractivity contribution < 1.29 is 0 Å². The van der Waals surface area contributed by atoms with Gasteiger partial charge >= 0.3 is 0 Å². The zero-order valence-electron chi connectivity index (χ0n) is 9.73. The first-order chi connectivity index (χ1) is 7.90. The third kappa shape index (κ3) is 1.51. The molecule has 2 atom stereocenters. The van der Waals surface area contributed by atoms with Gasteiger partial charge in [0.1, 0.15) is 0 Å². The molecule has 0 saturated carbocycles. The molecule has 0 amide bonds. The minimum Gasteiger partial charge on any atom is -0.296 e. The second kappa shape index (κ2) is 4.06. The Hall–Kier alpha value is -1.08. The maximum Gasteiger partial charge on any atom is 0.0171 e. The molecule has 1 aromatic rings. The van der Waals surface area contributed by atoms with Crippen LogP contribution in [0.5, 0.6) is 0 Å². The first-order valence-corrected chi connectivity index (χ1v) is 6.33. The average Bonchev–Trinajstić information content (AvgIpc) is 2.73. The Bertz CT molecular complexity index is 396. The van der Waals surface area contributed by atoms with Crippen LogP contribution >= 0.6 is 0 Å². The summed E-state index contributed by atoms with van der Waals surface area (Å²) in [5, 5.41) is 0. The molecule has 84 valence electrons. The van der Waals surface area contributed by atoms with E-state index in [0.29, 0.717) is 0 Å². The van der Waals surface area contributed by atoms with E-state index >= 15 is 0 Å². The number of rotatable bonds is 2. The maximum absolute atomic E-state index is 3.86. The molecule has 2 aliphatic rings. The van der Waals surface area contributed by atoms with Crippen molar-refractivity contribution in [3.8, 4) is 0 Å². The molecular weight excluding hydrogens is 194 g/mol. The maximum atomic E-state index is 3.86. The highest BCUT2D eigenvalue weighted by Gasteiger charge is 2.37. The normalized spacial score (nSPS) is 28.5. The Morgan fingerprint density at radius 3 is 3.06 bits per heavy atom. The molecule has 1 aliphatic carbocycles. The summed E-state index contributed by atoms with van der Waals surface area (Å²) in [7, 11) is 0. The average molecular weight is 213 g/mol. The summed E-state index contributed by atoms with van der Waals surface area (Å²) in [4.78, 5) is 2.60. The number of hydrogen-bond donors (Lipinski definition) is 0. The van der Waals surface area contributed by atoms with Gasteiger partial charge in [0.25, 0.3) is 0 Å². The largest absolute Gasteiger partial charge is 0.296 e. The van der Waals surface area contributed by atoms with E-state index in [4.69, 9.17) is 0 Å². The quantitative estimate of drug-likeness (QED) is 0.683. The molecule has 1 heterocycles. The lowest BCUT2D eigenvalue weighted by Crippen LogP contribution is -2.35. The van der Waals surface area contributed by atoms with Gasteiger partial charge in [-0.15, -0.1) is 6.58 Å². The zero-order chi connectivity index (χ0) is 11.0. The standard InChI is InChI=1S/C15H19N/c1-2-10-16-11-9-14-13-6-4-3-5-12(13)7-8-15(14)16/h2-6,14-15H,1,7-11H2. The van der Waals surface area contributed by atoms with Crippen molar-refractivity contribution in [1.82, 2.24) is 4.90 Å². The number of fused-ring (bicyclic) bond motifs is 3. The zero-order valence-corrected chi connectivity index (χ0v) is 9.73. The molecule has 1 saturated heterocycles. The molecule has 1 aromatic carbocycles.